The van der Waals surface area contributed by atoms with Gasteiger partial charge < -0.3 is 5.32 Å². The van der Waals surface area contributed by atoms with Crippen LogP contribution in [0.25, 0.3) is 0 Å². The largest absolute Gasteiger partial charge is 0.316 e. The lowest BCUT2D eigenvalue weighted by molar-refractivity contribution is 0.213. The van der Waals surface area contributed by atoms with Crippen molar-refractivity contribution in [2.75, 3.05) is 31.0 Å². The van der Waals surface area contributed by atoms with Gasteiger partial charge in [-0.15, -0.1) is 11.6 Å². The summed E-state index contributed by atoms with van der Waals surface area (Å²) in [5.74, 6) is 2.10. The second-order valence-electron chi connectivity index (χ2n) is 4.72. The average Bonchev–Trinajstić information content (AvgIpc) is 2.30. The fourth-order valence-electron chi connectivity index (χ4n) is 2.35. The summed E-state index contributed by atoms with van der Waals surface area (Å²) in [7, 11) is 0. The Morgan fingerprint density at radius 3 is 2.60 bits per heavy atom. The van der Waals surface area contributed by atoms with Crippen LogP contribution in [0.1, 0.15) is 38.5 Å². The number of hydrogen-bond donors (Lipinski definition) is 1. The Hall–Kier alpha value is 0.600. The van der Waals surface area contributed by atoms with Crippen LogP contribution >= 0.6 is 23.4 Å². The summed E-state index contributed by atoms with van der Waals surface area (Å²) in [5.41, 5.74) is 0.416. The van der Waals surface area contributed by atoms with Crippen LogP contribution in [0.3, 0.4) is 0 Å². The summed E-state index contributed by atoms with van der Waals surface area (Å²) < 4.78 is 0. The minimum absolute atomic E-state index is 0.416. The van der Waals surface area contributed by atoms with Crippen LogP contribution < -0.4 is 5.32 Å². The van der Waals surface area contributed by atoms with E-state index in [0.29, 0.717) is 5.41 Å². The molecule has 1 rings (SSSR count). The van der Waals surface area contributed by atoms with Crippen LogP contribution in [-0.4, -0.2) is 31.0 Å². The molecule has 0 radical (unpaired) electrons. The van der Waals surface area contributed by atoms with Crippen LogP contribution in [0.5, 0.6) is 0 Å². The molecule has 0 amide bonds. The van der Waals surface area contributed by atoms with E-state index >= 15 is 0 Å². The Bertz CT molecular complexity index is 158. The van der Waals surface area contributed by atoms with Gasteiger partial charge in [-0.3, -0.25) is 0 Å². The number of rotatable bonds is 7. The molecular formula is C12H24ClNS. The summed E-state index contributed by atoms with van der Waals surface area (Å²) in [6, 6.07) is 0. The minimum Gasteiger partial charge on any atom is -0.316 e. The first-order chi connectivity index (χ1) is 7.33. The van der Waals surface area contributed by atoms with Crippen LogP contribution in [0.2, 0.25) is 0 Å². The van der Waals surface area contributed by atoms with Gasteiger partial charge in [0, 0.05) is 12.4 Å². The molecule has 0 aromatic carbocycles. The van der Waals surface area contributed by atoms with Gasteiger partial charge in [-0.05, 0) is 43.2 Å². The average molecular weight is 250 g/mol. The summed E-state index contributed by atoms with van der Waals surface area (Å²) in [6.45, 7) is 2.28. The van der Waals surface area contributed by atoms with Crippen LogP contribution in [0.4, 0.5) is 0 Å². The molecule has 1 fully saturated rings. The van der Waals surface area contributed by atoms with Gasteiger partial charge in [0.1, 0.15) is 0 Å². The second-order valence-corrected chi connectivity index (χ2v) is 5.97. The van der Waals surface area contributed by atoms with E-state index in [1.807, 2.05) is 11.8 Å². The van der Waals surface area contributed by atoms with Crippen molar-refractivity contribution in [2.24, 2.45) is 5.41 Å². The van der Waals surface area contributed by atoms with E-state index in [1.54, 1.807) is 0 Å². The molecule has 1 aliphatic rings. The molecule has 0 saturated heterocycles. The fourth-order valence-corrected chi connectivity index (χ4v) is 3.15. The molecule has 0 aromatic rings. The van der Waals surface area contributed by atoms with Crippen molar-refractivity contribution < 1.29 is 0 Å². The summed E-state index contributed by atoms with van der Waals surface area (Å²) in [4.78, 5) is 0. The molecule has 1 saturated carbocycles. The third-order valence-electron chi connectivity index (χ3n) is 3.40. The normalized spacial score (nSPS) is 20.4. The van der Waals surface area contributed by atoms with E-state index in [4.69, 9.17) is 11.6 Å². The molecule has 0 aromatic heterocycles. The highest BCUT2D eigenvalue weighted by molar-refractivity contribution is 7.98. The van der Waals surface area contributed by atoms with Gasteiger partial charge in [-0.2, -0.15) is 11.8 Å². The van der Waals surface area contributed by atoms with Crippen LogP contribution in [-0.2, 0) is 0 Å². The number of alkyl halides is 1. The van der Waals surface area contributed by atoms with Crippen molar-refractivity contribution in [3.8, 4) is 0 Å². The van der Waals surface area contributed by atoms with Gasteiger partial charge in [-0.1, -0.05) is 19.3 Å². The Labute approximate surface area is 104 Å². The number of thioether (sulfide) groups is 1. The maximum Gasteiger partial charge on any atom is 0.0292 e. The van der Waals surface area contributed by atoms with Gasteiger partial charge in [0.05, 0.1) is 0 Å². The molecule has 1 nitrogen and oxygen atoms in total. The first-order valence-electron chi connectivity index (χ1n) is 6.09. The first kappa shape index (κ1) is 13.7. The van der Waals surface area contributed by atoms with Crippen LogP contribution in [0, 0.1) is 5.41 Å². The topological polar surface area (TPSA) is 12.0 Å². The zero-order valence-electron chi connectivity index (χ0n) is 9.86. The third-order valence-corrected chi connectivity index (χ3v) is 4.66. The molecule has 0 spiro atoms. The van der Waals surface area contributed by atoms with Crippen molar-refractivity contribution in [3.63, 3.8) is 0 Å². The van der Waals surface area contributed by atoms with Gasteiger partial charge in [0.15, 0.2) is 0 Å². The Kier molecular flexibility index (Phi) is 7.11. The number of halogens is 1. The number of hydrogen-bond acceptors (Lipinski definition) is 2. The molecule has 3 heteroatoms. The van der Waals surface area contributed by atoms with Gasteiger partial charge >= 0.3 is 0 Å². The molecule has 0 aliphatic heterocycles. The molecule has 0 unspecified atom stereocenters. The van der Waals surface area contributed by atoms with Gasteiger partial charge in [0.25, 0.3) is 0 Å². The smallest absolute Gasteiger partial charge is 0.0292 e. The monoisotopic (exact) mass is 249 g/mol. The quantitative estimate of drug-likeness (QED) is 0.547. The highest BCUT2D eigenvalue weighted by Gasteiger charge is 2.30. The van der Waals surface area contributed by atoms with Crippen molar-refractivity contribution in [1.29, 1.82) is 0 Å². The van der Waals surface area contributed by atoms with Crippen molar-refractivity contribution >= 4 is 23.4 Å². The van der Waals surface area contributed by atoms with E-state index < -0.39 is 0 Å². The fraction of sp³-hybridized carbons (Fsp3) is 1.00. The Morgan fingerprint density at radius 2 is 2.00 bits per heavy atom. The molecule has 1 N–H and O–H groups in total. The zero-order valence-corrected chi connectivity index (χ0v) is 11.4. The van der Waals surface area contributed by atoms with Crippen molar-refractivity contribution in [2.45, 2.75) is 38.5 Å². The van der Waals surface area contributed by atoms with E-state index in [1.165, 1.54) is 44.3 Å². The molecule has 15 heavy (non-hydrogen) atoms. The third kappa shape index (κ3) is 4.97. The molecular weight excluding hydrogens is 226 g/mol. The highest BCUT2D eigenvalue weighted by Crippen LogP contribution is 2.36. The molecule has 1 aliphatic carbocycles. The van der Waals surface area contributed by atoms with Crippen LogP contribution in [0.15, 0.2) is 0 Å². The summed E-state index contributed by atoms with van der Waals surface area (Å²) >= 11 is 8.06. The predicted octanol–water partition coefficient (Wildman–Crippen LogP) is 3.52. The van der Waals surface area contributed by atoms with E-state index in [9.17, 15) is 0 Å². The second kappa shape index (κ2) is 7.81. The number of nitrogens with one attached hydrogen (secondary N) is 1. The van der Waals surface area contributed by atoms with E-state index in [2.05, 4.69) is 11.6 Å². The zero-order chi connectivity index (χ0) is 11.0. The maximum atomic E-state index is 6.13. The highest BCUT2D eigenvalue weighted by atomic mass is 35.5. The lowest BCUT2D eigenvalue weighted by Gasteiger charge is -2.35. The van der Waals surface area contributed by atoms with Crippen molar-refractivity contribution in [1.82, 2.24) is 5.32 Å². The summed E-state index contributed by atoms with van der Waals surface area (Å²) in [5, 5.41) is 3.58. The van der Waals surface area contributed by atoms with E-state index in [-0.39, 0.29) is 0 Å². The SMILES string of the molecule is CSCCCNCC1(CCl)CCCCC1. The predicted molar refractivity (Wildman–Crippen MR) is 72.1 cm³/mol. The maximum absolute atomic E-state index is 6.13. The van der Waals surface area contributed by atoms with Gasteiger partial charge in [0.2, 0.25) is 0 Å². The lowest BCUT2D eigenvalue weighted by atomic mass is 9.75. The molecule has 0 atom stereocenters. The standard InChI is InChI=1S/C12H24ClNS/c1-15-9-5-8-14-11-12(10-13)6-3-2-4-7-12/h14H,2-11H2,1H3. The molecule has 0 heterocycles. The Balaban J connectivity index is 2.15. The lowest BCUT2D eigenvalue weighted by Crippen LogP contribution is -2.38. The van der Waals surface area contributed by atoms with E-state index in [0.717, 1.165) is 19.0 Å². The summed E-state index contributed by atoms with van der Waals surface area (Å²) in [6.07, 6.45) is 10.3. The van der Waals surface area contributed by atoms with Gasteiger partial charge in [-0.25, -0.2) is 0 Å². The first-order valence-corrected chi connectivity index (χ1v) is 8.01. The molecule has 0 bridgehead atoms. The molecule has 90 valence electrons. The Morgan fingerprint density at radius 1 is 1.27 bits per heavy atom. The van der Waals surface area contributed by atoms with Crippen molar-refractivity contribution in [3.05, 3.63) is 0 Å². The minimum atomic E-state index is 0.416.